The Labute approximate surface area is 104 Å². The van der Waals surface area contributed by atoms with Crippen molar-refractivity contribution >= 4 is 21.8 Å². The molecule has 16 heavy (non-hydrogen) atoms. The highest BCUT2D eigenvalue weighted by molar-refractivity contribution is 7.87. The maximum Gasteiger partial charge on any atom is 0.279 e. The predicted octanol–water partition coefficient (Wildman–Crippen LogP) is 1.57. The Morgan fingerprint density at radius 2 is 2.00 bits per heavy atom. The first-order valence-corrected chi connectivity index (χ1v) is 7.88. The fourth-order valence-corrected chi connectivity index (χ4v) is 3.52. The molecular weight excluding hydrogens is 248 g/mol. The molecule has 1 unspecified atom stereocenters. The molecule has 1 aliphatic rings. The van der Waals surface area contributed by atoms with E-state index < -0.39 is 10.2 Å². The van der Waals surface area contributed by atoms with Crippen LogP contribution in [0.3, 0.4) is 0 Å². The van der Waals surface area contributed by atoms with Crippen LogP contribution in [0.4, 0.5) is 0 Å². The van der Waals surface area contributed by atoms with Crippen LogP contribution in [0.5, 0.6) is 0 Å². The Balaban J connectivity index is 2.40. The van der Waals surface area contributed by atoms with Crippen molar-refractivity contribution in [3.63, 3.8) is 0 Å². The van der Waals surface area contributed by atoms with E-state index in [0.717, 1.165) is 25.7 Å². The number of halogens is 1. The predicted molar refractivity (Wildman–Crippen MR) is 66.8 cm³/mol. The topological polar surface area (TPSA) is 49.4 Å². The lowest BCUT2D eigenvalue weighted by Gasteiger charge is -2.19. The van der Waals surface area contributed by atoms with Crippen molar-refractivity contribution in [2.45, 2.75) is 32.6 Å². The van der Waals surface area contributed by atoms with Crippen molar-refractivity contribution in [1.82, 2.24) is 9.03 Å². The lowest BCUT2D eigenvalue weighted by molar-refractivity contribution is 0.439. The quantitative estimate of drug-likeness (QED) is 0.713. The minimum Gasteiger partial charge on any atom is -0.202 e. The lowest BCUT2D eigenvalue weighted by atomic mass is 10.0. The molecule has 1 fully saturated rings. The zero-order valence-electron chi connectivity index (χ0n) is 9.78. The van der Waals surface area contributed by atoms with Gasteiger partial charge < -0.3 is 0 Å². The van der Waals surface area contributed by atoms with Crippen LogP contribution in [0, 0.1) is 5.92 Å². The summed E-state index contributed by atoms with van der Waals surface area (Å²) < 4.78 is 27.9. The van der Waals surface area contributed by atoms with Crippen molar-refractivity contribution in [1.29, 1.82) is 0 Å². The van der Waals surface area contributed by atoms with Crippen LogP contribution in [0.15, 0.2) is 0 Å². The van der Waals surface area contributed by atoms with Crippen LogP contribution in [0.1, 0.15) is 32.6 Å². The van der Waals surface area contributed by atoms with Gasteiger partial charge in [-0.1, -0.05) is 13.3 Å². The third kappa shape index (κ3) is 4.20. The molecule has 0 amide bonds. The first kappa shape index (κ1) is 14.2. The van der Waals surface area contributed by atoms with Crippen molar-refractivity contribution in [2.75, 3.05) is 25.5 Å². The summed E-state index contributed by atoms with van der Waals surface area (Å²) in [6, 6.07) is 0. The van der Waals surface area contributed by atoms with Crippen LogP contribution < -0.4 is 4.72 Å². The molecule has 6 heteroatoms. The fourth-order valence-electron chi connectivity index (χ4n) is 1.85. The first-order chi connectivity index (χ1) is 7.60. The molecule has 0 spiro atoms. The highest BCUT2D eigenvalue weighted by atomic mass is 35.5. The number of nitrogens with one attached hydrogen (secondary N) is 1. The molecule has 1 rings (SSSR count). The van der Waals surface area contributed by atoms with Gasteiger partial charge in [0.1, 0.15) is 0 Å². The summed E-state index contributed by atoms with van der Waals surface area (Å²) in [7, 11) is -3.24. The third-order valence-electron chi connectivity index (χ3n) is 3.05. The summed E-state index contributed by atoms with van der Waals surface area (Å²) in [4.78, 5) is 0. The highest BCUT2D eigenvalue weighted by Crippen LogP contribution is 2.13. The monoisotopic (exact) mass is 268 g/mol. The number of alkyl halides is 1. The second-order valence-corrected chi connectivity index (χ2v) is 6.34. The van der Waals surface area contributed by atoms with E-state index in [2.05, 4.69) is 11.6 Å². The van der Waals surface area contributed by atoms with Gasteiger partial charge in [-0.3, -0.25) is 0 Å². The van der Waals surface area contributed by atoms with E-state index in [9.17, 15) is 8.42 Å². The van der Waals surface area contributed by atoms with Crippen LogP contribution in [-0.2, 0) is 10.2 Å². The van der Waals surface area contributed by atoms with E-state index >= 15 is 0 Å². The van der Waals surface area contributed by atoms with Gasteiger partial charge in [0.15, 0.2) is 0 Å². The summed E-state index contributed by atoms with van der Waals surface area (Å²) in [6.45, 7) is 3.87. The van der Waals surface area contributed by atoms with E-state index in [4.69, 9.17) is 11.6 Å². The molecule has 1 N–H and O–H groups in total. The van der Waals surface area contributed by atoms with Gasteiger partial charge in [0, 0.05) is 25.5 Å². The minimum absolute atomic E-state index is 0.342. The van der Waals surface area contributed by atoms with Crippen molar-refractivity contribution in [2.24, 2.45) is 5.92 Å². The Morgan fingerprint density at radius 1 is 1.38 bits per heavy atom. The largest absolute Gasteiger partial charge is 0.279 e. The zero-order valence-corrected chi connectivity index (χ0v) is 11.4. The molecule has 0 aromatic heterocycles. The van der Waals surface area contributed by atoms with Crippen LogP contribution in [0.25, 0.3) is 0 Å². The average Bonchev–Trinajstić information content (AvgIpc) is 2.78. The molecule has 0 bridgehead atoms. The molecule has 1 atom stereocenters. The first-order valence-electron chi connectivity index (χ1n) is 5.91. The van der Waals surface area contributed by atoms with Crippen molar-refractivity contribution in [3.8, 4) is 0 Å². The number of hydrogen-bond acceptors (Lipinski definition) is 2. The van der Waals surface area contributed by atoms with E-state index in [1.165, 1.54) is 4.31 Å². The van der Waals surface area contributed by atoms with Crippen LogP contribution in [-0.4, -0.2) is 38.2 Å². The molecule has 96 valence electrons. The Morgan fingerprint density at radius 3 is 2.50 bits per heavy atom. The normalized spacial score (nSPS) is 20.1. The summed E-state index contributed by atoms with van der Waals surface area (Å²) in [5.41, 5.74) is 0. The standard InChI is InChI=1S/C10H21ClN2O2S/c1-2-10(5-6-11)9-12-16(14,15)13-7-3-4-8-13/h10,12H,2-9H2,1H3. The number of rotatable bonds is 7. The molecule has 1 aliphatic heterocycles. The van der Waals surface area contributed by atoms with Gasteiger partial charge in [-0.15, -0.1) is 11.6 Å². The SMILES string of the molecule is CCC(CCCl)CNS(=O)(=O)N1CCCC1. The lowest BCUT2D eigenvalue weighted by Crippen LogP contribution is -2.41. The Kier molecular flexibility index (Phi) is 6.03. The fraction of sp³-hybridized carbons (Fsp3) is 1.00. The molecule has 0 aromatic carbocycles. The van der Waals surface area contributed by atoms with Gasteiger partial charge in [-0.25, -0.2) is 4.72 Å². The maximum absolute atomic E-state index is 11.8. The van der Waals surface area contributed by atoms with Gasteiger partial charge in [0.05, 0.1) is 0 Å². The molecule has 0 aromatic rings. The smallest absolute Gasteiger partial charge is 0.202 e. The highest BCUT2D eigenvalue weighted by Gasteiger charge is 2.25. The van der Waals surface area contributed by atoms with Crippen molar-refractivity contribution in [3.05, 3.63) is 0 Å². The van der Waals surface area contributed by atoms with Gasteiger partial charge in [-0.05, 0) is 25.2 Å². The van der Waals surface area contributed by atoms with Gasteiger partial charge in [0.25, 0.3) is 10.2 Å². The van der Waals surface area contributed by atoms with E-state index in [1.807, 2.05) is 0 Å². The molecule has 1 saturated heterocycles. The van der Waals surface area contributed by atoms with E-state index in [-0.39, 0.29) is 0 Å². The molecule has 1 heterocycles. The Hall–Kier alpha value is 0.160. The van der Waals surface area contributed by atoms with Crippen LogP contribution in [0.2, 0.25) is 0 Å². The van der Waals surface area contributed by atoms with Gasteiger partial charge >= 0.3 is 0 Å². The van der Waals surface area contributed by atoms with Crippen LogP contribution >= 0.6 is 11.6 Å². The summed E-state index contributed by atoms with van der Waals surface area (Å²) >= 11 is 5.66. The summed E-state index contributed by atoms with van der Waals surface area (Å²) in [5, 5.41) is 0. The molecule has 0 radical (unpaired) electrons. The molecule has 0 aliphatic carbocycles. The van der Waals surface area contributed by atoms with Crippen molar-refractivity contribution < 1.29 is 8.42 Å². The molecular formula is C10H21ClN2O2S. The number of hydrogen-bond donors (Lipinski definition) is 1. The average molecular weight is 269 g/mol. The Bertz CT molecular complexity index is 289. The summed E-state index contributed by atoms with van der Waals surface area (Å²) in [6.07, 6.45) is 3.76. The summed E-state index contributed by atoms with van der Waals surface area (Å²) in [5.74, 6) is 0.930. The number of nitrogens with zero attached hydrogens (tertiary/aromatic N) is 1. The van der Waals surface area contributed by atoms with Gasteiger partial charge in [0.2, 0.25) is 0 Å². The minimum atomic E-state index is -3.24. The third-order valence-corrected chi connectivity index (χ3v) is 4.85. The van der Waals surface area contributed by atoms with E-state index in [1.54, 1.807) is 0 Å². The molecule has 0 saturated carbocycles. The second-order valence-electron chi connectivity index (χ2n) is 4.21. The molecule has 4 nitrogen and oxygen atoms in total. The maximum atomic E-state index is 11.8. The van der Waals surface area contributed by atoms with E-state index in [0.29, 0.717) is 31.4 Å². The zero-order chi connectivity index (χ0) is 12.0. The van der Waals surface area contributed by atoms with Gasteiger partial charge in [-0.2, -0.15) is 12.7 Å². The second kappa shape index (κ2) is 6.79.